The van der Waals surface area contributed by atoms with Crippen LogP contribution < -0.4 is 0 Å². The molecule has 0 spiro atoms. The molecule has 78 valence electrons. The van der Waals surface area contributed by atoms with Crippen molar-refractivity contribution in [2.75, 3.05) is 0 Å². The average molecular weight is 194 g/mol. The van der Waals surface area contributed by atoms with E-state index in [2.05, 4.69) is 0 Å². The zero-order valence-corrected chi connectivity index (χ0v) is 8.81. The maximum atomic E-state index is 9.56. The molecule has 2 unspecified atom stereocenters. The first-order valence-electron chi connectivity index (χ1n) is 5.07. The van der Waals surface area contributed by atoms with Crippen molar-refractivity contribution in [3.63, 3.8) is 0 Å². The van der Waals surface area contributed by atoms with Crippen LogP contribution in [-0.2, 0) is 11.3 Å². The molecular formula is C12H18O2. The standard InChI is InChI=1S/C12H18O2/c1-3-10(2)12(13)14-9-11-7-5-4-6-8-11/h4-8,10,12-13H,3,9H2,1-2H3. The molecule has 0 bridgehead atoms. The second kappa shape index (κ2) is 5.78. The van der Waals surface area contributed by atoms with Crippen LogP contribution in [0.2, 0.25) is 0 Å². The van der Waals surface area contributed by atoms with Crippen LogP contribution in [0.1, 0.15) is 25.8 Å². The molecule has 14 heavy (non-hydrogen) atoms. The summed E-state index contributed by atoms with van der Waals surface area (Å²) in [6.45, 7) is 4.50. The highest BCUT2D eigenvalue weighted by atomic mass is 16.6. The maximum absolute atomic E-state index is 9.56. The van der Waals surface area contributed by atoms with Crippen LogP contribution in [0.15, 0.2) is 30.3 Å². The van der Waals surface area contributed by atoms with Crippen LogP contribution in [0.5, 0.6) is 0 Å². The number of rotatable bonds is 5. The first-order chi connectivity index (χ1) is 6.74. The van der Waals surface area contributed by atoms with E-state index in [9.17, 15) is 5.11 Å². The summed E-state index contributed by atoms with van der Waals surface area (Å²) in [5.74, 6) is 0.193. The number of hydrogen-bond donors (Lipinski definition) is 1. The third-order valence-corrected chi connectivity index (χ3v) is 2.39. The van der Waals surface area contributed by atoms with Gasteiger partial charge in [0.05, 0.1) is 6.61 Å². The Morgan fingerprint density at radius 2 is 1.93 bits per heavy atom. The summed E-state index contributed by atoms with van der Waals surface area (Å²) in [6.07, 6.45) is 0.274. The van der Waals surface area contributed by atoms with Gasteiger partial charge in [-0.05, 0) is 12.0 Å². The van der Waals surface area contributed by atoms with Crippen molar-refractivity contribution in [3.05, 3.63) is 35.9 Å². The van der Waals surface area contributed by atoms with Crippen LogP contribution in [-0.4, -0.2) is 11.4 Å². The lowest BCUT2D eigenvalue weighted by Crippen LogP contribution is -2.20. The first kappa shape index (κ1) is 11.2. The molecule has 0 heterocycles. The summed E-state index contributed by atoms with van der Waals surface area (Å²) in [5, 5.41) is 9.56. The summed E-state index contributed by atoms with van der Waals surface area (Å²) in [5.41, 5.74) is 1.09. The first-order valence-corrected chi connectivity index (χ1v) is 5.07. The van der Waals surface area contributed by atoms with E-state index < -0.39 is 6.29 Å². The number of hydrogen-bond acceptors (Lipinski definition) is 2. The Balaban J connectivity index is 2.34. The lowest BCUT2D eigenvalue weighted by atomic mass is 10.1. The minimum atomic E-state index is -0.653. The number of aliphatic hydroxyl groups excluding tert-OH is 1. The third kappa shape index (κ3) is 3.48. The van der Waals surface area contributed by atoms with Crippen molar-refractivity contribution in [1.29, 1.82) is 0 Å². The van der Waals surface area contributed by atoms with E-state index in [0.29, 0.717) is 6.61 Å². The molecule has 0 radical (unpaired) electrons. The summed E-state index contributed by atoms with van der Waals surface area (Å²) < 4.78 is 5.34. The van der Waals surface area contributed by atoms with Gasteiger partial charge < -0.3 is 9.84 Å². The van der Waals surface area contributed by atoms with E-state index in [1.54, 1.807) is 0 Å². The van der Waals surface area contributed by atoms with E-state index in [-0.39, 0.29) is 5.92 Å². The zero-order chi connectivity index (χ0) is 10.4. The largest absolute Gasteiger partial charge is 0.368 e. The molecule has 1 aromatic rings. The summed E-state index contributed by atoms with van der Waals surface area (Å²) in [7, 11) is 0. The molecule has 2 heteroatoms. The topological polar surface area (TPSA) is 29.5 Å². The fourth-order valence-corrected chi connectivity index (χ4v) is 1.12. The minimum absolute atomic E-state index is 0.193. The highest BCUT2D eigenvalue weighted by Gasteiger charge is 2.11. The van der Waals surface area contributed by atoms with Gasteiger partial charge in [-0.1, -0.05) is 44.2 Å². The molecule has 0 aliphatic carbocycles. The SMILES string of the molecule is CCC(C)C(O)OCc1ccccc1. The van der Waals surface area contributed by atoms with Gasteiger partial charge in [-0.3, -0.25) is 0 Å². The second-order valence-electron chi connectivity index (χ2n) is 3.57. The number of benzene rings is 1. The Morgan fingerprint density at radius 3 is 2.50 bits per heavy atom. The van der Waals surface area contributed by atoms with Crippen molar-refractivity contribution in [1.82, 2.24) is 0 Å². The highest BCUT2D eigenvalue weighted by molar-refractivity contribution is 5.13. The Labute approximate surface area is 85.5 Å². The van der Waals surface area contributed by atoms with Gasteiger partial charge in [0.1, 0.15) is 0 Å². The normalized spacial score (nSPS) is 15.1. The van der Waals surface area contributed by atoms with Gasteiger partial charge >= 0.3 is 0 Å². The average Bonchev–Trinajstić information content (AvgIpc) is 2.26. The molecule has 0 aromatic heterocycles. The predicted molar refractivity (Wildman–Crippen MR) is 56.7 cm³/mol. The van der Waals surface area contributed by atoms with Crippen molar-refractivity contribution >= 4 is 0 Å². The molecule has 2 atom stereocenters. The summed E-state index contributed by atoms with van der Waals surface area (Å²) in [4.78, 5) is 0. The molecule has 0 aliphatic rings. The van der Waals surface area contributed by atoms with Crippen LogP contribution in [0.25, 0.3) is 0 Å². The van der Waals surface area contributed by atoms with Crippen LogP contribution in [0, 0.1) is 5.92 Å². The molecule has 0 saturated heterocycles. The van der Waals surface area contributed by atoms with Crippen molar-refractivity contribution in [3.8, 4) is 0 Å². The minimum Gasteiger partial charge on any atom is -0.368 e. The number of aliphatic hydroxyl groups is 1. The summed E-state index contributed by atoms with van der Waals surface area (Å²) in [6, 6.07) is 9.88. The molecule has 1 rings (SSSR count). The number of ether oxygens (including phenoxy) is 1. The van der Waals surface area contributed by atoms with Gasteiger partial charge in [-0.15, -0.1) is 0 Å². The maximum Gasteiger partial charge on any atom is 0.157 e. The van der Waals surface area contributed by atoms with E-state index in [1.165, 1.54) is 0 Å². The molecule has 0 fully saturated rings. The van der Waals surface area contributed by atoms with E-state index in [0.717, 1.165) is 12.0 Å². The Bertz CT molecular complexity index is 246. The Morgan fingerprint density at radius 1 is 1.29 bits per heavy atom. The van der Waals surface area contributed by atoms with E-state index in [4.69, 9.17) is 4.74 Å². The Kier molecular flexibility index (Phi) is 4.63. The quantitative estimate of drug-likeness (QED) is 0.730. The monoisotopic (exact) mass is 194 g/mol. The van der Waals surface area contributed by atoms with E-state index >= 15 is 0 Å². The highest BCUT2D eigenvalue weighted by Crippen LogP contribution is 2.11. The molecular weight excluding hydrogens is 176 g/mol. The van der Waals surface area contributed by atoms with Gasteiger partial charge in [-0.25, -0.2) is 0 Å². The fourth-order valence-electron chi connectivity index (χ4n) is 1.12. The molecule has 0 saturated carbocycles. The van der Waals surface area contributed by atoms with Crippen LogP contribution in [0.4, 0.5) is 0 Å². The van der Waals surface area contributed by atoms with Crippen LogP contribution in [0.3, 0.4) is 0 Å². The fraction of sp³-hybridized carbons (Fsp3) is 0.500. The van der Waals surface area contributed by atoms with Crippen LogP contribution >= 0.6 is 0 Å². The predicted octanol–water partition coefficient (Wildman–Crippen LogP) is 2.57. The third-order valence-electron chi connectivity index (χ3n) is 2.39. The lowest BCUT2D eigenvalue weighted by Gasteiger charge is -2.17. The zero-order valence-electron chi connectivity index (χ0n) is 8.81. The van der Waals surface area contributed by atoms with Gasteiger partial charge in [0, 0.05) is 5.92 Å². The molecule has 1 aromatic carbocycles. The van der Waals surface area contributed by atoms with E-state index in [1.807, 2.05) is 44.2 Å². The molecule has 0 amide bonds. The summed E-state index contributed by atoms with van der Waals surface area (Å²) >= 11 is 0. The second-order valence-corrected chi connectivity index (χ2v) is 3.57. The lowest BCUT2D eigenvalue weighted by molar-refractivity contribution is -0.138. The molecule has 1 N–H and O–H groups in total. The van der Waals surface area contributed by atoms with Crippen molar-refractivity contribution in [2.45, 2.75) is 33.2 Å². The molecule has 2 nitrogen and oxygen atoms in total. The Hall–Kier alpha value is -0.860. The smallest absolute Gasteiger partial charge is 0.157 e. The molecule has 0 aliphatic heterocycles. The van der Waals surface area contributed by atoms with Crippen molar-refractivity contribution in [2.24, 2.45) is 5.92 Å². The van der Waals surface area contributed by atoms with Gasteiger partial charge in [-0.2, -0.15) is 0 Å². The van der Waals surface area contributed by atoms with Gasteiger partial charge in [0.15, 0.2) is 6.29 Å². The van der Waals surface area contributed by atoms with Gasteiger partial charge in [0.2, 0.25) is 0 Å². The van der Waals surface area contributed by atoms with Gasteiger partial charge in [0.25, 0.3) is 0 Å². The van der Waals surface area contributed by atoms with Crippen molar-refractivity contribution < 1.29 is 9.84 Å².